The summed E-state index contributed by atoms with van der Waals surface area (Å²) in [5.41, 5.74) is 6.57. The van der Waals surface area contributed by atoms with E-state index in [0.717, 1.165) is 11.4 Å². The molecule has 1 atom stereocenters. The van der Waals surface area contributed by atoms with Gasteiger partial charge in [-0.1, -0.05) is 18.5 Å². The SMILES string of the molecule is CCc1cnc(C(C)NC(=O)c2cc(N)ccc2Cl)s1. The number of nitrogens with zero attached hydrogens (tertiary/aromatic N) is 1. The number of carbonyl (C=O) groups excluding carboxylic acids is 1. The molecule has 3 N–H and O–H groups in total. The third-order valence-corrected chi connectivity index (χ3v) is 4.53. The Bertz CT molecular complexity index is 627. The summed E-state index contributed by atoms with van der Waals surface area (Å²) in [6, 6.07) is 4.70. The molecule has 1 aromatic carbocycles. The van der Waals surface area contributed by atoms with Crippen LogP contribution < -0.4 is 11.1 Å². The van der Waals surface area contributed by atoms with E-state index in [1.54, 1.807) is 29.5 Å². The second kappa shape index (κ2) is 6.24. The molecule has 1 heterocycles. The van der Waals surface area contributed by atoms with Gasteiger partial charge in [0.05, 0.1) is 16.6 Å². The Labute approximate surface area is 127 Å². The van der Waals surface area contributed by atoms with Crippen molar-refractivity contribution in [1.82, 2.24) is 10.3 Å². The Hall–Kier alpha value is -1.59. The van der Waals surface area contributed by atoms with Crippen molar-refractivity contribution in [3.8, 4) is 0 Å². The van der Waals surface area contributed by atoms with E-state index in [9.17, 15) is 4.79 Å². The molecule has 4 nitrogen and oxygen atoms in total. The van der Waals surface area contributed by atoms with Crippen molar-refractivity contribution in [3.05, 3.63) is 44.9 Å². The minimum atomic E-state index is -0.247. The van der Waals surface area contributed by atoms with Crippen molar-refractivity contribution in [3.63, 3.8) is 0 Å². The molecule has 1 aromatic heterocycles. The molecule has 0 aliphatic rings. The number of hydrogen-bond donors (Lipinski definition) is 2. The monoisotopic (exact) mass is 309 g/mol. The number of aromatic nitrogens is 1. The summed E-state index contributed by atoms with van der Waals surface area (Å²) in [7, 11) is 0. The summed E-state index contributed by atoms with van der Waals surface area (Å²) in [6.45, 7) is 3.98. The lowest BCUT2D eigenvalue weighted by Crippen LogP contribution is -2.26. The van der Waals surface area contributed by atoms with Crippen molar-refractivity contribution >= 4 is 34.5 Å². The maximum absolute atomic E-state index is 12.2. The maximum Gasteiger partial charge on any atom is 0.253 e. The Morgan fingerprint density at radius 1 is 1.55 bits per heavy atom. The van der Waals surface area contributed by atoms with Crippen LogP contribution in [0.3, 0.4) is 0 Å². The van der Waals surface area contributed by atoms with Crippen LogP contribution in [-0.2, 0) is 6.42 Å². The zero-order valence-electron chi connectivity index (χ0n) is 11.3. The number of rotatable bonds is 4. The highest BCUT2D eigenvalue weighted by Gasteiger charge is 2.16. The first-order chi connectivity index (χ1) is 9.51. The number of hydrogen-bond acceptors (Lipinski definition) is 4. The number of amides is 1. The molecule has 0 fully saturated rings. The molecule has 0 saturated heterocycles. The van der Waals surface area contributed by atoms with Crippen LogP contribution in [0.5, 0.6) is 0 Å². The smallest absolute Gasteiger partial charge is 0.253 e. The second-order valence-electron chi connectivity index (χ2n) is 4.45. The predicted molar refractivity (Wildman–Crippen MR) is 83.2 cm³/mol. The van der Waals surface area contributed by atoms with Crippen molar-refractivity contribution in [2.45, 2.75) is 26.3 Å². The van der Waals surface area contributed by atoms with E-state index in [1.165, 1.54) is 4.88 Å². The van der Waals surface area contributed by atoms with Gasteiger partial charge in [0, 0.05) is 16.8 Å². The van der Waals surface area contributed by atoms with Crippen molar-refractivity contribution in [1.29, 1.82) is 0 Å². The topological polar surface area (TPSA) is 68.0 Å². The average molecular weight is 310 g/mol. The summed E-state index contributed by atoms with van der Waals surface area (Å²) < 4.78 is 0. The van der Waals surface area contributed by atoms with E-state index in [4.69, 9.17) is 17.3 Å². The Morgan fingerprint density at radius 3 is 2.95 bits per heavy atom. The summed E-state index contributed by atoms with van der Waals surface area (Å²) in [4.78, 5) is 17.7. The van der Waals surface area contributed by atoms with Crippen LogP contribution in [0.2, 0.25) is 5.02 Å². The Morgan fingerprint density at radius 2 is 2.30 bits per heavy atom. The quantitative estimate of drug-likeness (QED) is 0.850. The van der Waals surface area contributed by atoms with E-state index in [2.05, 4.69) is 17.2 Å². The first-order valence-electron chi connectivity index (χ1n) is 6.31. The molecular formula is C14H16ClN3OS. The molecule has 1 unspecified atom stereocenters. The predicted octanol–water partition coefficient (Wildman–Crippen LogP) is 3.43. The zero-order valence-corrected chi connectivity index (χ0v) is 12.9. The van der Waals surface area contributed by atoms with Gasteiger partial charge in [0.1, 0.15) is 5.01 Å². The molecule has 1 amide bonds. The lowest BCUT2D eigenvalue weighted by molar-refractivity contribution is 0.0940. The van der Waals surface area contributed by atoms with Gasteiger partial charge in [-0.15, -0.1) is 11.3 Å². The van der Waals surface area contributed by atoms with Gasteiger partial charge in [-0.3, -0.25) is 4.79 Å². The van der Waals surface area contributed by atoms with Crippen molar-refractivity contribution < 1.29 is 4.79 Å². The molecular weight excluding hydrogens is 294 g/mol. The van der Waals surface area contributed by atoms with Crippen molar-refractivity contribution in [2.75, 3.05) is 5.73 Å². The van der Waals surface area contributed by atoms with Gasteiger partial charge in [0.25, 0.3) is 5.91 Å². The number of nitrogen functional groups attached to an aromatic ring is 1. The molecule has 0 spiro atoms. The van der Waals surface area contributed by atoms with Gasteiger partial charge in [-0.05, 0) is 31.5 Å². The van der Waals surface area contributed by atoms with Crippen LogP contribution in [0.4, 0.5) is 5.69 Å². The molecule has 0 radical (unpaired) electrons. The normalized spacial score (nSPS) is 12.2. The molecule has 2 rings (SSSR count). The second-order valence-corrected chi connectivity index (χ2v) is 6.01. The van der Waals surface area contributed by atoms with E-state index in [0.29, 0.717) is 16.3 Å². The number of aryl methyl sites for hydroxylation is 1. The molecule has 0 aliphatic carbocycles. The lowest BCUT2D eigenvalue weighted by Gasteiger charge is -2.12. The van der Waals surface area contributed by atoms with Crippen LogP contribution in [0, 0.1) is 0 Å². The summed E-state index contributed by atoms with van der Waals surface area (Å²) >= 11 is 7.62. The first kappa shape index (κ1) is 14.8. The van der Waals surface area contributed by atoms with Crippen LogP contribution >= 0.6 is 22.9 Å². The molecule has 0 bridgehead atoms. The molecule has 0 aliphatic heterocycles. The van der Waals surface area contributed by atoms with Gasteiger partial charge in [-0.25, -0.2) is 4.98 Å². The summed E-state index contributed by atoms with van der Waals surface area (Å²) in [6.07, 6.45) is 2.79. The zero-order chi connectivity index (χ0) is 14.7. The van der Waals surface area contributed by atoms with Crippen molar-refractivity contribution in [2.24, 2.45) is 0 Å². The van der Waals surface area contributed by atoms with E-state index in [1.807, 2.05) is 13.1 Å². The van der Waals surface area contributed by atoms with Gasteiger partial charge >= 0.3 is 0 Å². The number of nitrogens with one attached hydrogen (secondary N) is 1. The Balaban J connectivity index is 2.12. The number of thiazole rings is 1. The van der Waals surface area contributed by atoms with Crippen LogP contribution in [0.25, 0.3) is 0 Å². The third-order valence-electron chi connectivity index (χ3n) is 2.87. The molecule has 0 saturated carbocycles. The Kier molecular flexibility index (Phi) is 4.62. The van der Waals surface area contributed by atoms with Crippen LogP contribution in [-0.4, -0.2) is 10.9 Å². The van der Waals surface area contributed by atoms with Gasteiger partial charge in [0.2, 0.25) is 0 Å². The average Bonchev–Trinajstić information content (AvgIpc) is 2.90. The highest BCUT2D eigenvalue weighted by atomic mass is 35.5. The van der Waals surface area contributed by atoms with Gasteiger partial charge < -0.3 is 11.1 Å². The lowest BCUT2D eigenvalue weighted by atomic mass is 10.2. The maximum atomic E-state index is 12.2. The highest BCUT2D eigenvalue weighted by molar-refractivity contribution is 7.11. The van der Waals surface area contributed by atoms with Crippen LogP contribution in [0.15, 0.2) is 24.4 Å². The molecule has 2 aromatic rings. The fourth-order valence-corrected chi connectivity index (χ4v) is 2.80. The number of anilines is 1. The number of benzene rings is 1. The number of halogens is 1. The summed E-state index contributed by atoms with van der Waals surface area (Å²) in [5, 5.41) is 4.16. The molecule has 106 valence electrons. The largest absolute Gasteiger partial charge is 0.399 e. The fraction of sp³-hybridized carbons (Fsp3) is 0.286. The van der Waals surface area contributed by atoms with Gasteiger partial charge in [-0.2, -0.15) is 0 Å². The highest BCUT2D eigenvalue weighted by Crippen LogP contribution is 2.23. The molecule has 20 heavy (non-hydrogen) atoms. The number of carbonyl (C=O) groups is 1. The number of nitrogens with two attached hydrogens (primary N) is 1. The van der Waals surface area contributed by atoms with Gasteiger partial charge in [0.15, 0.2) is 0 Å². The first-order valence-corrected chi connectivity index (χ1v) is 7.51. The standard InChI is InChI=1S/C14H16ClN3OS/c1-3-10-7-17-14(20-10)8(2)18-13(19)11-6-9(16)4-5-12(11)15/h4-8H,3,16H2,1-2H3,(H,18,19). The van der Waals surface area contributed by atoms with E-state index in [-0.39, 0.29) is 11.9 Å². The summed E-state index contributed by atoms with van der Waals surface area (Å²) in [5.74, 6) is -0.247. The van der Waals surface area contributed by atoms with Crippen LogP contribution in [0.1, 0.15) is 40.1 Å². The minimum Gasteiger partial charge on any atom is -0.399 e. The minimum absolute atomic E-state index is 0.162. The molecule has 6 heteroatoms. The third kappa shape index (κ3) is 3.29. The fourth-order valence-electron chi connectivity index (χ4n) is 1.74. The van der Waals surface area contributed by atoms with E-state index >= 15 is 0 Å². The van der Waals surface area contributed by atoms with E-state index < -0.39 is 0 Å².